The maximum absolute atomic E-state index is 12.9. The lowest BCUT2D eigenvalue weighted by molar-refractivity contribution is 0.102. The molecule has 2 nitrogen and oxygen atoms in total. The Labute approximate surface area is 124 Å². The van der Waals surface area contributed by atoms with Crippen molar-refractivity contribution in [2.45, 2.75) is 0 Å². The Morgan fingerprint density at radius 3 is 2.37 bits per heavy atom. The molecule has 0 saturated carbocycles. The van der Waals surface area contributed by atoms with Crippen LogP contribution in [0.3, 0.4) is 0 Å². The Morgan fingerprint density at radius 1 is 1.00 bits per heavy atom. The van der Waals surface area contributed by atoms with Crippen molar-refractivity contribution in [3.8, 4) is 0 Å². The number of nitrogens with one attached hydrogen (secondary N) is 1. The summed E-state index contributed by atoms with van der Waals surface area (Å²) < 4.78 is 12.9. The van der Waals surface area contributed by atoms with Gasteiger partial charge in [0.05, 0.1) is 21.3 Å². The van der Waals surface area contributed by atoms with Crippen molar-refractivity contribution in [2.75, 3.05) is 5.32 Å². The molecule has 2 rings (SSSR count). The summed E-state index contributed by atoms with van der Waals surface area (Å²) in [7, 11) is 0. The largest absolute Gasteiger partial charge is 0.321 e. The first-order chi connectivity index (χ1) is 8.97. The highest BCUT2D eigenvalue weighted by Crippen LogP contribution is 2.26. The highest BCUT2D eigenvalue weighted by molar-refractivity contribution is 6.37. The average molecular weight is 319 g/mol. The van der Waals surface area contributed by atoms with Gasteiger partial charge in [-0.1, -0.05) is 34.8 Å². The molecule has 0 spiro atoms. The van der Waals surface area contributed by atoms with E-state index in [0.717, 1.165) is 12.1 Å². The zero-order valence-electron chi connectivity index (χ0n) is 9.38. The topological polar surface area (TPSA) is 29.1 Å². The second-order valence-corrected chi connectivity index (χ2v) is 4.95. The Morgan fingerprint density at radius 2 is 1.74 bits per heavy atom. The van der Waals surface area contributed by atoms with Crippen LogP contribution in [0, 0.1) is 5.82 Å². The number of carbonyl (C=O) groups excluding carboxylic acids is 1. The molecule has 98 valence electrons. The van der Waals surface area contributed by atoms with Gasteiger partial charge in [0.2, 0.25) is 0 Å². The van der Waals surface area contributed by atoms with Gasteiger partial charge in [0.25, 0.3) is 5.91 Å². The molecular weight excluding hydrogens is 312 g/mol. The van der Waals surface area contributed by atoms with Crippen molar-refractivity contribution in [3.05, 3.63) is 62.8 Å². The maximum Gasteiger partial charge on any atom is 0.257 e. The van der Waals surface area contributed by atoms with Gasteiger partial charge in [0.1, 0.15) is 5.82 Å². The van der Waals surface area contributed by atoms with Crippen LogP contribution >= 0.6 is 34.8 Å². The summed E-state index contributed by atoms with van der Waals surface area (Å²) in [5, 5.41) is 3.37. The summed E-state index contributed by atoms with van der Waals surface area (Å²) in [6, 6.07) is 8.20. The predicted octanol–water partition coefficient (Wildman–Crippen LogP) is 5.04. The molecule has 1 N–H and O–H groups in total. The van der Waals surface area contributed by atoms with E-state index in [-0.39, 0.29) is 10.6 Å². The monoisotopic (exact) mass is 317 g/mol. The molecule has 0 fully saturated rings. The van der Waals surface area contributed by atoms with E-state index in [2.05, 4.69) is 5.32 Å². The van der Waals surface area contributed by atoms with Crippen LogP contribution in [0.5, 0.6) is 0 Å². The molecular formula is C13H7Cl3FNO. The summed E-state index contributed by atoms with van der Waals surface area (Å²) in [5.41, 5.74) is 0.561. The third-order valence-electron chi connectivity index (χ3n) is 2.36. The average Bonchev–Trinajstić information content (AvgIpc) is 2.32. The van der Waals surface area contributed by atoms with E-state index >= 15 is 0 Å². The maximum atomic E-state index is 12.9. The summed E-state index contributed by atoms with van der Waals surface area (Å²) in [6.07, 6.45) is 0. The number of hydrogen-bond donors (Lipinski definition) is 1. The van der Waals surface area contributed by atoms with Crippen LogP contribution < -0.4 is 5.32 Å². The van der Waals surface area contributed by atoms with E-state index in [1.54, 1.807) is 12.1 Å². The standard InChI is InChI=1S/C13H7Cl3FNO/c14-7-1-4-12(11(16)5-7)18-13(19)9-3-2-8(17)6-10(9)15/h1-6H,(H,18,19). The SMILES string of the molecule is O=C(Nc1ccc(Cl)cc1Cl)c1ccc(F)cc1Cl. The Hall–Kier alpha value is -1.29. The van der Waals surface area contributed by atoms with Crippen LogP contribution in [0.2, 0.25) is 15.1 Å². The Balaban J connectivity index is 2.25. The molecule has 0 aliphatic rings. The van der Waals surface area contributed by atoms with E-state index in [0.29, 0.717) is 15.7 Å². The number of amides is 1. The van der Waals surface area contributed by atoms with Crippen molar-refractivity contribution in [3.63, 3.8) is 0 Å². The van der Waals surface area contributed by atoms with Gasteiger partial charge in [-0.15, -0.1) is 0 Å². The first kappa shape index (κ1) is 14.1. The summed E-state index contributed by atoms with van der Waals surface area (Å²) in [5.74, 6) is -0.986. The van der Waals surface area contributed by atoms with Crippen LogP contribution in [-0.2, 0) is 0 Å². The lowest BCUT2D eigenvalue weighted by Gasteiger charge is -2.08. The van der Waals surface area contributed by atoms with E-state index in [4.69, 9.17) is 34.8 Å². The number of carbonyl (C=O) groups is 1. The molecule has 0 atom stereocenters. The minimum absolute atomic E-state index is 0.0302. The van der Waals surface area contributed by atoms with Crippen molar-refractivity contribution in [1.29, 1.82) is 0 Å². The van der Waals surface area contributed by atoms with Gasteiger partial charge in [0, 0.05) is 5.02 Å². The van der Waals surface area contributed by atoms with Gasteiger partial charge in [-0.25, -0.2) is 4.39 Å². The summed E-state index contributed by atoms with van der Waals surface area (Å²) in [6.45, 7) is 0. The van der Waals surface area contributed by atoms with Gasteiger partial charge in [-0.3, -0.25) is 4.79 Å². The first-order valence-corrected chi connectivity index (χ1v) is 6.32. The zero-order valence-corrected chi connectivity index (χ0v) is 11.7. The molecule has 0 aliphatic carbocycles. The fourth-order valence-corrected chi connectivity index (χ4v) is 2.16. The highest BCUT2D eigenvalue weighted by Gasteiger charge is 2.12. The van der Waals surface area contributed by atoms with E-state index in [1.165, 1.54) is 12.1 Å². The molecule has 2 aromatic rings. The fourth-order valence-electron chi connectivity index (χ4n) is 1.45. The van der Waals surface area contributed by atoms with E-state index in [9.17, 15) is 9.18 Å². The normalized spacial score (nSPS) is 10.3. The minimum Gasteiger partial charge on any atom is -0.321 e. The smallest absolute Gasteiger partial charge is 0.257 e. The lowest BCUT2D eigenvalue weighted by Crippen LogP contribution is -2.12. The molecule has 6 heteroatoms. The molecule has 0 bridgehead atoms. The van der Waals surface area contributed by atoms with Gasteiger partial charge in [-0.2, -0.15) is 0 Å². The Kier molecular flexibility index (Phi) is 4.30. The molecule has 0 saturated heterocycles. The zero-order chi connectivity index (χ0) is 14.0. The fraction of sp³-hybridized carbons (Fsp3) is 0. The minimum atomic E-state index is -0.508. The molecule has 19 heavy (non-hydrogen) atoms. The van der Waals surface area contributed by atoms with E-state index in [1.807, 2.05) is 0 Å². The number of anilines is 1. The summed E-state index contributed by atoms with van der Waals surface area (Å²) in [4.78, 5) is 12.0. The quantitative estimate of drug-likeness (QED) is 0.826. The molecule has 0 unspecified atom stereocenters. The van der Waals surface area contributed by atoms with Gasteiger partial charge >= 0.3 is 0 Å². The molecule has 0 aliphatic heterocycles. The number of rotatable bonds is 2. The molecule has 0 aromatic heterocycles. The number of benzene rings is 2. The molecule has 2 aromatic carbocycles. The van der Waals surface area contributed by atoms with Crippen LogP contribution in [0.25, 0.3) is 0 Å². The lowest BCUT2D eigenvalue weighted by atomic mass is 10.2. The number of hydrogen-bond acceptors (Lipinski definition) is 1. The highest BCUT2D eigenvalue weighted by atomic mass is 35.5. The Bertz CT molecular complexity index is 646. The van der Waals surface area contributed by atoms with Gasteiger partial charge in [-0.05, 0) is 36.4 Å². The van der Waals surface area contributed by atoms with Crippen molar-refractivity contribution in [2.24, 2.45) is 0 Å². The first-order valence-electron chi connectivity index (χ1n) is 5.19. The second-order valence-electron chi connectivity index (χ2n) is 3.70. The van der Waals surface area contributed by atoms with Crippen LogP contribution in [0.4, 0.5) is 10.1 Å². The van der Waals surface area contributed by atoms with Crippen molar-refractivity contribution in [1.82, 2.24) is 0 Å². The molecule has 0 heterocycles. The summed E-state index contributed by atoms with van der Waals surface area (Å²) >= 11 is 17.5. The predicted molar refractivity (Wildman–Crippen MR) is 75.8 cm³/mol. The van der Waals surface area contributed by atoms with Crippen LogP contribution in [-0.4, -0.2) is 5.91 Å². The molecule has 1 amide bonds. The number of halogens is 4. The van der Waals surface area contributed by atoms with Crippen LogP contribution in [0.1, 0.15) is 10.4 Å². The van der Waals surface area contributed by atoms with E-state index < -0.39 is 11.7 Å². The van der Waals surface area contributed by atoms with Crippen molar-refractivity contribution >= 4 is 46.4 Å². The molecule has 0 radical (unpaired) electrons. The van der Waals surface area contributed by atoms with Gasteiger partial charge < -0.3 is 5.32 Å². The second kappa shape index (κ2) is 5.78. The van der Waals surface area contributed by atoms with Gasteiger partial charge in [0.15, 0.2) is 0 Å². The van der Waals surface area contributed by atoms with Crippen molar-refractivity contribution < 1.29 is 9.18 Å². The van der Waals surface area contributed by atoms with Crippen LogP contribution in [0.15, 0.2) is 36.4 Å². The third-order valence-corrected chi connectivity index (χ3v) is 3.22. The third kappa shape index (κ3) is 3.38.